The van der Waals surface area contributed by atoms with Gasteiger partial charge in [0.1, 0.15) is 5.57 Å². The largest absolute Gasteiger partial charge is 0.493 e. The van der Waals surface area contributed by atoms with Gasteiger partial charge in [-0.25, -0.2) is 9.69 Å². The van der Waals surface area contributed by atoms with Crippen molar-refractivity contribution in [2.75, 3.05) is 18.6 Å². The molecule has 0 atom stereocenters. The van der Waals surface area contributed by atoms with Gasteiger partial charge in [-0.1, -0.05) is 43.9 Å². The Kier molecular flexibility index (Phi) is 8.34. The monoisotopic (exact) mass is 484 g/mol. The van der Waals surface area contributed by atoms with Crippen molar-refractivity contribution in [2.45, 2.75) is 46.5 Å². The van der Waals surface area contributed by atoms with Gasteiger partial charge in [0, 0.05) is 0 Å². The lowest BCUT2D eigenvalue weighted by molar-refractivity contribution is -0.122. The van der Waals surface area contributed by atoms with Crippen LogP contribution in [-0.2, 0) is 9.59 Å². The fraction of sp³-hybridized carbons (Fsp3) is 0.346. The molecule has 4 amide bonds. The number of methoxy groups -OCH3 is 1. The zero-order valence-corrected chi connectivity index (χ0v) is 20.6. The van der Waals surface area contributed by atoms with Crippen LogP contribution in [0.25, 0.3) is 6.08 Å². The third kappa shape index (κ3) is 5.59. The van der Waals surface area contributed by atoms with Crippen LogP contribution in [0.15, 0.2) is 35.9 Å². The molecule has 0 unspecified atom stereocenters. The second kappa shape index (κ2) is 11.2. The summed E-state index contributed by atoms with van der Waals surface area (Å²) < 4.78 is 11.3. The smallest absolute Gasteiger partial charge is 0.335 e. The molecule has 1 fully saturated rings. The first-order chi connectivity index (χ1) is 16.3. The summed E-state index contributed by atoms with van der Waals surface area (Å²) in [4.78, 5) is 39.1. The van der Waals surface area contributed by atoms with E-state index in [0.717, 1.165) is 41.7 Å². The third-order valence-electron chi connectivity index (χ3n) is 5.66. The molecule has 7 nitrogen and oxygen atoms in total. The molecule has 0 radical (unpaired) electrons. The molecule has 180 valence electrons. The third-order valence-corrected chi connectivity index (χ3v) is 5.94. The number of unbranched alkanes of at least 4 members (excludes halogenated alkanes) is 3. The van der Waals surface area contributed by atoms with Gasteiger partial charge in [0.05, 0.1) is 24.4 Å². The highest BCUT2D eigenvalue weighted by Gasteiger charge is 2.37. The molecule has 0 spiro atoms. The molecular weight excluding hydrogens is 456 g/mol. The first-order valence-electron chi connectivity index (χ1n) is 11.3. The fourth-order valence-electron chi connectivity index (χ4n) is 3.59. The lowest BCUT2D eigenvalue weighted by atomic mass is 10.0. The van der Waals surface area contributed by atoms with Gasteiger partial charge in [-0.15, -0.1) is 0 Å². The molecule has 2 aromatic rings. The van der Waals surface area contributed by atoms with Crippen molar-refractivity contribution in [3.63, 3.8) is 0 Å². The Morgan fingerprint density at radius 1 is 1.03 bits per heavy atom. The van der Waals surface area contributed by atoms with E-state index >= 15 is 0 Å². The van der Waals surface area contributed by atoms with E-state index in [1.807, 2.05) is 19.9 Å². The van der Waals surface area contributed by atoms with Gasteiger partial charge < -0.3 is 9.47 Å². The van der Waals surface area contributed by atoms with Gasteiger partial charge in [-0.3, -0.25) is 14.9 Å². The predicted molar refractivity (Wildman–Crippen MR) is 133 cm³/mol. The van der Waals surface area contributed by atoms with Crippen LogP contribution in [0.5, 0.6) is 11.5 Å². The van der Waals surface area contributed by atoms with E-state index < -0.39 is 17.8 Å². The van der Waals surface area contributed by atoms with Crippen molar-refractivity contribution < 1.29 is 23.9 Å². The summed E-state index contributed by atoms with van der Waals surface area (Å²) in [5.74, 6) is -0.695. The number of anilines is 1. The Morgan fingerprint density at radius 2 is 1.79 bits per heavy atom. The van der Waals surface area contributed by atoms with Crippen LogP contribution in [0.1, 0.15) is 49.3 Å². The molecule has 1 N–H and O–H groups in total. The number of hydrogen-bond acceptors (Lipinski definition) is 5. The van der Waals surface area contributed by atoms with E-state index in [1.54, 1.807) is 24.3 Å². The molecule has 0 bridgehead atoms. The van der Waals surface area contributed by atoms with E-state index in [4.69, 9.17) is 21.1 Å². The van der Waals surface area contributed by atoms with E-state index in [-0.39, 0.29) is 5.57 Å². The van der Waals surface area contributed by atoms with Crippen LogP contribution in [0, 0.1) is 13.8 Å². The minimum atomic E-state index is -0.794. The van der Waals surface area contributed by atoms with Gasteiger partial charge in [-0.05, 0) is 67.3 Å². The molecular formula is C26H29ClN2O5. The van der Waals surface area contributed by atoms with E-state index in [1.165, 1.54) is 13.2 Å². The van der Waals surface area contributed by atoms with Crippen molar-refractivity contribution in [2.24, 2.45) is 0 Å². The number of barbiturate groups is 1. The minimum absolute atomic E-state index is 0.191. The maximum Gasteiger partial charge on any atom is 0.335 e. The van der Waals surface area contributed by atoms with E-state index in [0.29, 0.717) is 34.4 Å². The number of nitrogens with one attached hydrogen (secondary N) is 1. The standard InChI is InChI=1S/C26H29ClN2O5/c1-5-6-7-8-11-34-23-21(27)14-18(15-22(23)33-4)13-20-24(30)28-26(32)29(25(20)31)19-10-9-16(2)17(3)12-19/h9-10,12-15H,5-8,11H2,1-4H3,(H,28,30,32)/b20-13-. The molecule has 0 aromatic heterocycles. The molecule has 1 saturated heterocycles. The normalized spacial score (nSPS) is 15.0. The Hall–Kier alpha value is -3.32. The van der Waals surface area contributed by atoms with Gasteiger partial charge >= 0.3 is 6.03 Å². The lowest BCUT2D eigenvalue weighted by Crippen LogP contribution is -2.54. The van der Waals surface area contributed by atoms with Crippen LogP contribution >= 0.6 is 11.6 Å². The number of aryl methyl sites for hydroxylation is 2. The summed E-state index contributed by atoms with van der Waals surface area (Å²) in [6.45, 7) is 6.46. The number of carbonyl (C=O) groups excluding carboxylic acids is 3. The summed E-state index contributed by atoms with van der Waals surface area (Å²) in [5.41, 5.74) is 2.60. The zero-order chi connectivity index (χ0) is 24.8. The second-order valence-corrected chi connectivity index (χ2v) is 8.58. The lowest BCUT2D eigenvalue weighted by Gasteiger charge is -2.27. The van der Waals surface area contributed by atoms with Crippen LogP contribution in [0.3, 0.4) is 0 Å². The molecule has 34 heavy (non-hydrogen) atoms. The highest BCUT2D eigenvalue weighted by Crippen LogP contribution is 2.37. The van der Waals surface area contributed by atoms with Crippen molar-refractivity contribution in [3.8, 4) is 11.5 Å². The first-order valence-corrected chi connectivity index (χ1v) is 11.6. The number of benzene rings is 2. The highest BCUT2D eigenvalue weighted by molar-refractivity contribution is 6.39. The maximum absolute atomic E-state index is 13.2. The van der Waals surface area contributed by atoms with Crippen molar-refractivity contribution in [1.29, 1.82) is 0 Å². The molecule has 8 heteroatoms. The second-order valence-electron chi connectivity index (χ2n) is 8.17. The van der Waals surface area contributed by atoms with E-state index in [9.17, 15) is 14.4 Å². The maximum atomic E-state index is 13.2. The highest BCUT2D eigenvalue weighted by atomic mass is 35.5. The number of halogens is 1. The number of nitrogens with zero attached hydrogens (tertiary/aromatic N) is 1. The Bertz CT molecular complexity index is 1140. The van der Waals surface area contributed by atoms with E-state index in [2.05, 4.69) is 12.2 Å². The van der Waals surface area contributed by atoms with Crippen molar-refractivity contribution in [1.82, 2.24) is 5.32 Å². The number of rotatable bonds is 9. The Balaban J connectivity index is 1.90. The summed E-state index contributed by atoms with van der Waals surface area (Å²) >= 11 is 6.44. The van der Waals surface area contributed by atoms with Crippen LogP contribution in [0.4, 0.5) is 10.5 Å². The van der Waals surface area contributed by atoms with Crippen molar-refractivity contribution in [3.05, 3.63) is 57.6 Å². The van der Waals surface area contributed by atoms with Crippen molar-refractivity contribution >= 4 is 41.2 Å². The quantitative estimate of drug-likeness (QED) is 0.285. The Labute approximate surface area is 204 Å². The van der Waals surface area contributed by atoms with Gasteiger partial charge in [0.15, 0.2) is 11.5 Å². The summed E-state index contributed by atoms with van der Waals surface area (Å²) in [5, 5.41) is 2.53. The summed E-state index contributed by atoms with van der Waals surface area (Å²) in [6, 6.07) is 7.65. The van der Waals surface area contributed by atoms with Crippen LogP contribution < -0.4 is 19.7 Å². The summed E-state index contributed by atoms with van der Waals surface area (Å²) in [6.07, 6.45) is 5.62. The average molecular weight is 485 g/mol. The molecule has 0 saturated carbocycles. The molecule has 1 aliphatic rings. The molecule has 2 aromatic carbocycles. The van der Waals surface area contributed by atoms with Gasteiger partial charge in [-0.2, -0.15) is 0 Å². The van der Waals surface area contributed by atoms with Gasteiger partial charge in [0.25, 0.3) is 11.8 Å². The minimum Gasteiger partial charge on any atom is -0.493 e. The van der Waals surface area contributed by atoms with Crippen LogP contribution in [0.2, 0.25) is 5.02 Å². The zero-order valence-electron chi connectivity index (χ0n) is 19.9. The number of ether oxygens (including phenoxy) is 2. The van der Waals surface area contributed by atoms with Crippen LogP contribution in [-0.4, -0.2) is 31.6 Å². The molecule has 1 aliphatic heterocycles. The van der Waals surface area contributed by atoms with Gasteiger partial charge in [0.2, 0.25) is 0 Å². The number of amides is 4. The number of urea groups is 1. The molecule has 0 aliphatic carbocycles. The molecule has 1 heterocycles. The molecule has 3 rings (SSSR count). The topological polar surface area (TPSA) is 84.9 Å². The first kappa shape index (κ1) is 25.3. The average Bonchev–Trinajstić information content (AvgIpc) is 2.79. The SMILES string of the molecule is CCCCCCOc1c(Cl)cc(/C=C2/C(=O)NC(=O)N(c3ccc(C)c(C)c3)C2=O)cc1OC. The predicted octanol–water partition coefficient (Wildman–Crippen LogP) is 5.59. The number of carbonyl (C=O) groups is 3. The fourth-order valence-corrected chi connectivity index (χ4v) is 3.86. The summed E-state index contributed by atoms with van der Waals surface area (Å²) in [7, 11) is 1.49. The number of hydrogen-bond donors (Lipinski definition) is 1. The Morgan fingerprint density at radius 3 is 2.47 bits per heavy atom. The number of imide groups is 2.